The Bertz CT molecular complexity index is 1180. The number of piperidine rings is 1. The van der Waals surface area contributed by atoms with Crippen molar-refractivity contribution in [1.82, 2.24) is 29.5 Å². The maximum absolute atomic E-state index is 11.3. The number of rotatable bonds is 5. The van der Waals surface area contributed by atoms with Gasteiger partial charge in [-0.25, -0.2) is 0 Å². The molecule has 2 saturated heterocycles. The van der Waals surface area contributed by atoms with Crippen molar-refractivity contribution in [2.45, 2.75) is 18.9 Å². The summed E-state index contributed by atoms with van der Waals surface area (Å²) >= 11 is 0. The van der Waals surface area contributed by atoms with Crippen molar-refractivity contribution >= 4 is 27.8 Å². The first-order chi connectivity index (χ1) is 14.9. The van der Waals surface area contributed by atoms with Gasteiger partial charge in [0.15, 0.2) is 5.76 Å². The SMILES string of the molecule is CS(=O)(=O)OC[C@@H]1CC[C@H]2CN(c3nc(N)n4nc(-c5ccco5)nc4n3)CCN2C1. The number of nitrogen functional groups attached to an aromatic ring is 1. The van der Waals surface area contributed by atoms with Gasteiger partial charge in [0.2, 0.25) is 17.7 Å². The third-order valence-electron chi connectivity index (χ3n) is 5.77. The summed E-state index contributed by atoms with van der Waals surface area (Å²) in [6, 6.07) is 3.89. The molecule has 0 amide bonds. The summed E-state index contributed by atoms with van der Waals surface area (Å²) in [5.74, 6) is 2.29. The van der Waals surface area contributed by atoms with Gasteiger partial charge in [0.25, 0.3) is 15.9 Å². The van der Waals surface area contributed by atoms with Gasteiger partial charge in [0.1, 0.15) is 0 Å². The Morgan fingerprint density at radius 3 is 2.87 bits per heavy atom. The van der Waals surface area contributed by atoms with Crippen LogP contribution in [0.1, 0.15) is 12.8 Å². The number of hydrogen-bond acceptors (Lipinski definition) is 11. The minimum Gasteiger partial charge on any atom is -0.461 e. The highest BCUT2D eigenvalue weighted by molar-refractivity contribution is 7.85. The third-order valence-corrected chi connectivity index (χ3v) is 6.33. The molecule has 2 aliphatic heterocycles. The number of furan rings is 1. The summed E-state index contributed by atoms with van der Waals surface area (Å²) in [6.07, 6.45) is 4.53. The maximum Gasteiger partial charge on any atom is 0.264 e. The molecule has 0 saturated carbocycles. The summed E-state index contributed by atoms with van der Waals surface area (Å²) in [4.78, 5) is 18.0. The lowest BCUT2D eigenvalue weighted by atomic mass is 9.92. The zero-order valence-corrected chi connectivity index (χ0v) is 17.9. The van der Waals surface area contributed by atoms with Gasteiger partial charge < -0.3 is 15.1 Å². The Kier molecular flexibility index (Phi) is 5.02. The summed E-state index contributed by atoms with van der Waals surface area (Å²) in [6.45, 7) is 3.41. The van der Waals surface area contributed by atoms with Crippen LogP contribution in [-0.2, 0) is 14.3 Å². The lowest BCUT2D eigenvalue weighted by Gasteiger charge is -2.46. The molecule has 3 aromatic rings. The van der Waals surface area contributed by atoms with E-state index in [9.17, 15) is 8.42 Å². The molecule has 0 aromatic carbocycles. The largest absolute Gasteiger partial charge is 0.461 e. The zero-order valence-electron chi connectivity index (χ0n) is 17.1. The van der Waals surface area contributed by atoms with Crippen LogP contribution in [0.5, 0.6) is 0 Å². The highest BCUT2D eigenvalue weighted by Gasteiger charge is 2.34. The number of aromatic nitrogens is 5. The predicted octanol–water partition coefficient (Wildman–Crippen LogP) is 0.238. The molecule has 31 heavy (non-hydrogen) atoms. The van der Waals surface area contributed by atoms with Crippen molar-refractivity contribution in [3.8, 4) is 11.6 Å². The van der Waals surface area contributed by atoms with Crippen molar-refractivity contribution in [1.29, 1.82) is 0 Å². The highest BCUT2D eigenvalue weighted by atomic mass is 32.2. The molecule has 0 unspecified atom stereocenters. The molecule has 0 bridgehead atoms. The topological polar surface area (TPSA) is 145 Å². The number of anilines is 2. The predicted molar refractivity (Wildman–Crippen MR) is 112 cm³/mol. The monoisotopic (exact) mass is 448 g/mol. The lowest BCUT2D eigenvalue weighted by Crippen LogP contribution is -2.57. The Hall–Kier alpha value is -2.77. The maximum atomic E-state index is 11.3. The lowest BCUT2D eigenvalue weighted by molar-refractivity contribution is 0.0741. The molecule has 5 rings (SSSR count). The van der Waals surface area contributed by atoms with Crippen molar-refractivity contribution in [3.63, 3.8) is 0 Å². The minimum absolute atomic E-state index is 0.217. The van der Waals surface area contributed by atoms with Crippen LogP contribution in [0.25, 0.3) is 17.4 Å². The van der Waals surface area contributed by atoms with Gasteiger partial charge in [-0.2, -0.15) is 27.9 Å². The normalized spacial score (nSPS) is 22.7. The van der Waals surface area contributed by atoms with Crippen LogP contribution in [0.2, 0.25) is 0 Å². The number of nitrogens with zero attached hydrogens (tertiary/aromatic N) is 7. The molecule has 2 atom stereocenters. The average Bonchev–Trinajstić information content (AvgIpc) is 3.41. The molecule has 0 spiro atoms. The Morgan fingerprint density at radius 2 is 2.10 bits per heavy atom. The second kappa shape index (κ2) is 7.73. The van der Waals surface area contributed by atoms with E-state index in [1.165, 1.54) is 4.52 Å². The van der Waals surface area contributed by atoms with Crippen molar-refractivity contribution in [2.75, 3.05) is 49.7 Å². The van der Waals surface area contributed by atoms with E-state index < -0.39 is 10.1 Å². The van der Waals surface area contributed by atoms with E-state index in [1.807, 2.05) is 0 Å². The molecule has 13 heteroatoms. The van der Waals surface area contributed by atoms with Gasteiger partial charge in [-0.1, -0.05) is 0 Å². The van der Waals surface area contributed by atoms with E-state index in [-0.39, 0.29) is 18.5 Å². The molecule has 3 aromatic heterocycles. The molecule has 0 aliphatic carbocycles. The van der Waals surface area contributed by atoms with Crippen LogP contribution in [0.15, 0.2) is 22.8 Å². The fourth-order valence-corrected chi connectivity index (χ4v) is 4.68. The zero-order chi connectivity index (χ0) is 21.6. The van der Waals surface area contributed by atoms with E-state index >= 15 is 0 Å². The Morgan fingerprint density at radius 1 is 1.23 bits per heavy atom. The smallest absolute Gasteiger partial charge is 0.264 e. The minimum atomic E-state index is -3.41. The Balaban J connectivity index is 1.29. The molecule has 2 N–H and O–H groups in total. The molecule has 0 radical (unpaired) electrons. The number of piperazine rings is 1. The van der Waals surface area contributed by atoms with E-state index in [0.29, 0.717) is 29.4 Å². The highest BCUT2D eigenvalue weighted by Crippen LogP contribution is 2.27. The van der Waals surface area contributed by atoms with Crippen LogP contribution in [-0.4, -0.2) is 83.0 Å². The molecule has 2 fully saturated rings. The molecule has 2 aliphatic rings. The first-order valence-corrected chi connectivity index (χ1v) is 11.9. The van der Waals surface area contributed by atoms with E-state index in [2.05, 4.69) is 29.9 Å². The number of hydrogen-bond donors (Lipinski definition) is 1. The van der Waals surface area contributed by atoms with Gasteiger partial charge >= 0.3 is 0 Å². The van der Waals surface area contributed by atoms with Crippen LogP contribution in [0.4, 0.5) is 11.9 Å². The van der Waals surface area contributed by atoms with Crippen LogP contribution in [0.3, 0.4) is 0 Å². The van der Waals surface area contributed by atoms with Crippen molar-refractivity contribution in [2.24, 2.45) is 5.92 Å². The quantitative estimate of drug-likeness (QED) is 0.536. The van der Waals surface area contributed by atoms with Crippen molar-refractivity contribution in [3.05, 3.63) is 18.4 Å². The average molecular weight is 449 g/mol. The second-order valence-corrected chi connectivity index (χ2v) is 9.68. The standard InChI is InChI=1S/C18H24N8O4S/c1-31(27,28)30-11-12-4-5-13-10-25(7-6-24(13)9-12)17-21-16(19)26-18(22-17)20-15(23-26)14-3-2-8-29-14/h2-3,8,12-13H,4-7,9-11H2,1H3,(H2,19,20,21,22,23)/t12-,13+/m1/s1. The number of nitrogens with two attached hydrogens (primary N) is 1. The molecular formula is C18H24N8O4S. The molecule has 166 valence electrons. The summed E-state index contributed by atoms with van der Waals surface area (Å²) in [5.41, 5.74) is 6.13. The summed E-state index contributed by atoms with van der Waals surface area (Å²) in [7, 11) is -3.41. The molecule has 12 nitrogen and oxygen atoms in total. The van der Waals surface area contributed by atoms with Crippen LogP contribution in [0, 0.1) is 5.92 Å². The van der Waals surface area contributed by atoms with Gasteiger partial charge in [-0.3, -0.25) is 9.08 Å². The van der Waals surface area contributed by atoms with Crippen LogP contribution >= 0.6 is 0 Å². The van der Waals surface area contributed by atoms with E-state index in [4.69, 9.17) is 14.3 Å². The first-order valence-electron chi connectivity index (χ1n) is 10.1. The molecular weight excluding hydrogens is 424 g/mol. The fourth-order valence-electron chi connectivity index (χ4n) is 4.24. The first kappa shape index (κ1) is 20.2. The number of fused-ring (bicyclic) bond motifs is 2. The summed E-state index contributed by atoms with van der Waals surface area (Å²) < 4.78 is 34.3. The van der Waals surface area contributed by atoms with Crippen LogP contribution < -0.4 is 10.6 Å². The van der Waals surface area contributed by atoms with Gasteiger partial charge in [-0.05, 0) is 30.9 Å². The fraction of sp³-hybridized carbons (Fsp3) is 0.556. The molecule has 5 heterocycles. The van der Waals surface area contributed by atoms with E-state index in [1.54, 1.807) is 18.4 Å². The van der Waals surface area contributed by atoms with Gasteiger partial charge in [0.05, 0.1) is 19.1 Å². The van der Waals surface area contributed by atoms with Crippen molar-refractivity contribution < 1.29 is 17.0 Å². The van der Waals surface area contributed by atoms with Gasteiger partial charge in [-0.15, -0.1) is 5.10 Å². The van der Waals surface area contributed by atoms with Gasteiger partial charge in [0, 0.05) is 32.2 Å². The third kappa shape index (κ3) is 4.20. The Labute approximate surface area is 179 Å². The second-order valence-electron chi connectivity index (χ2n) is 8.03. The van der Waals surface area contributed by atoms with E-state index in [0.717, 1.165) is 45.3 Å². The summed E-state index contributed by atoms with van der Waals surface area (Å²) in [5, 5.41) is 4.33.